The summed E-state index contributed by atoms with van der Waals surface area (Å²) in [7, 11) is 0. The third-order valence-corrected chi connectivity index (χ3v) is 4.66. The number of nitrogens with one attached hydrogen (secondary N) is 2. The molecule has 4 rings (SSSR count). The zero-order valence-electron chi connectivity index (χ0n) is 11.5. The second-order valence-electron chi connectivity index (χ2n) is 5.03. The first kappa shape index (κ1) is 13.0. The van der Waals surface area contributed by atoms with Crippen LogP contribution in [0, 0.1) is 0 Å². The Morgan fingerprint density at radius 2 is 2.00 bits per heavy atom. The van der Waals surface area contributed by atoms with Gasteiger partial charge < -0.3 is 15.4 Å². The summed E-state index contributed by atoms with van der Waals surface area (Å²) in [5, 5.41) is 13.4. The number of thioether (sulfide) groups is 1. The molecule has 0 bridgehead atoms. The summed E-state index contributed by atoms with van der Waals surface area (Å²) >= 11 is 1.45. The average Bonchev–Trinajstić information content (AvgIpc) is 2.90. The molecule has 1 aliphatic heterocycles. The van der Waals surface area contributed by atoms with Crippen LogP contribution >= 0.6 is 11.8 Å². The maximum atomic E-state index is 12.2. The van der Waals surface area contributed by atoms with Gasteiger partial charge in [-0.1, -0.05) is 23.9 Å². The first-order valence-corrected chi connectivity index (χ1v) is 7.62. The van der Waals surface area contributed by atoms with Gasteiger partial charge in [0.25, 0.3) is 5.91 Å². The monoisotopic (exact) mass is 308 g/mol. The van der Waals surface area contributed by atoms with E-state index in [1.807, 2.05) is 42.6 Å². The molecule has 0 spiro atoms. The van der Waals surface area contributed by atoms with Gasteiger partial charge in [-0.3, -0.25) is 4.79 Å². The van der Waals surface area contributed by atoms with Crippen molar-refractivity contribution in [3.63, 3.8) is 0 Å². The lowest BCUT2D eigenvalue weighted by atomic mass is 10.1. The lowest BCUT2D eigenvalue weighted by molar-refractivity contribution is -0.112. The van der Waals surface area contributed by atoms with Crippen LogP contribution in [0.25, 0.3) is 17.0 Å². The van der Waals surface area contributed by atoms with Gasteiger partial charge in [0, 0.05) is 27.6 Å². The highest BCUT2D eigenvalue weighted by Gasteiger charge is 2.20. The lowest BCUT2D eigenvalue weighted by Crippen LogP contribution is -2.16. The topological polar surface area (TPSA) is 65.1 Å². The van der Waals surface area contributed by atoms with Crippen molar-refractivity contribution in [3.05, 3.63) is 59.1 Å². The molecule has 108 valence electrons. The zero-order chi connectivity index (χ0) is 15.1. The van der Waals surface area contributed by atoms with E-state index in [0.29, 0.717) is 4.91 Å². The molecular weight excluding hydrogens is 296 g/mol. The number of rotatable bonds is 1. The number of aromatic amines is 1. The van der Waals surface area contributed by atoms with Gasteiger partial charge in [0.2, 0.25) is 0 Å². The molecule has 22 heavy (non-hydrogen) atoms. The molecule has 1 aliphatic rings. The highest BCUT2D eigenvalue weighted by molar-refractivity contribution is 8.04. The van der Waals surface area contributed by atoms with E-state index in [0.717, 1.165) is 27.0 Å². The first-order chi connectivity index (χ1) is 10.7. The van der Waals surface area contributed by atoms with Crippen LogP contribution in [-0.4, -0.2) is 16.0 Å². The molecule has 0 unspecified atom stereocenters. The Labute approximate surface area is 130 Å². The van der Waals surface area contributed by atoms with Gasteiger partial charge in [0.05, 0.1) is 10.6 Å². The quantitative estimate of drug-likeness (QED) is 0.596. The van der Waals surface area contributed by atoms with E-state index in [2.05, 4.69) is 10.3 Å². The second kappa shape index (κ2) is 4.96. The largest absolute Gasteiger partial charge is 0.508 e. The fraction of sp³-hybridized carbons (Fsp3) is 0. The van der Waals surface area contributed by atoms with Gasteiger partial charge in [-0.05, 0) is 36.4 Å². The first-order valence-electron chi connectivity index (χ1n) is 6.81. The molecule has 5 heteroatoms. The van der Waals surface area contributed by atoms with Crippen molar-refractivity contribution < 1.29 is 9.90 Å². The summed E-state index contributed by atoms with van der Waals surface area (Å²) in [5.74, 6) is 0.0936. The summed E-state index contributed by atoms with van der Waals surface area (Å²) in [4.78, 5) is 17.0. The summed E-state index contributed by atoms with van der Waals surface area (Å²) in [6, 6.07) is 12.9. The Hall–Kier alpha value is -2.66. The van der Waals surface area contributed by atoms with Crippen LogP contribution < -0.4 is 5.32 Å². The van der Waals surface area contributed by atoms with Crippen LogP contribution in [0.5, 0.6) is 5.75 Å². The number of carbonyl (C=O) groups excluding carboxylic acids is 1. The fourth-order valence-corrected chi connectivity index (χ4v) is 3.44. The van der Waals surface area contributed by atoms with E-state index in [-0.39, 0.29) is 11.7 Å². The number of aromatic hydroxyl groups is 1. The number of carbonyl (C=O) groups is 1. The molecule has 1 aromatic heterocycles. The molecular formula is C17H12N2O2S. The maximum Gasteiger partial charge on any atom is 0.262 e. The molecule has 2 heterocycles. The summed E-state index contributed by atoms with van der Waals surface area (Å²) in [5.41, 5.74) is 2.64. The summed E-state index contributed by atoms with van der Waals surface area (Å²) in [6.45, 7) is 0. The fourth-order valence-electron chi connectivity index (χ4n) is 2.49. The van der Waals surface area contributed by atoms with Crippen molar-refractivity contribution in [1.82, 2.24) is 4.98 Å². The van der Waals surface area contributed by atoms with Crippen molar-refractivity contribution >= 4 is 40.3 Å². The van der Waals surface area contributed by atoms with Crippen molar-refractivity contribution in [3.8, 4) is 5.75 Å². The molecule has 0 radical (unpaired) electrons. The van der Waals surface area contributed by atoms with Crippen molar-refractivity contribution in [1.29, 1.82) is 0 Å². The van der Waals surface area contributed by atoms with Crippen LogP contribution in [0.15, 0.2) is 58.5 Å². The van der Waals surface area contributed by atoms with Gasteiger partial charge >= 0.3 is 0 Å². The Morgan fingerprint density at radius 1 is 1.14 bits per heavy atom. The van der Waals surface area contributed by atoms with E-state index in [9.17, 15) is 9.90 Å². The number of aromatic nitrogens is 1. The van der Waals surface area contributed by atoms with Gasteiger partial charge in [0.15, 0.2) is 0 Å². The van der Waals surface area contributed by atoms with Crippen LogP contribution in [0.2, 0.25) is 0 Å². The van der Waals surface area contributed by atoms with E-state index in [4.69, 9.17) is 0 Å². The number of H-pyrrole nitrogens is 1. The van der Waals surface area contributed by atoms with E-state index in [1.165, 1.54) is 11.8 Å². The van der Waals surface area contributed by atoms with Gasteiger partial charge in [-0.15, -0.1) is 0 Å². The number of para-hydroxylation sites is 1. The molecule has 0 aliphatic carbocycles. The molecule has 3 N–H and O–H groups in total. The molecule has 3 aromatic rings. The molecule has 0 saturated carbocycles. The minimum Gasteiger partial charge on any atom is -0.508 e. The molecule has 1 amide bonds. The van der Waals surface area contributed by atoms with E-state index < -0.39 is 0 Å². The minimum atomic E-state index is -0.113. The van der Waals surface area contributed by atoms with Crippen LogP contribution in [-0.2, 0) is 4.79 Å². The standard InChI is InChI=1S/C17H12N2O2S/c20-11-5-6-13-12(8-11)10(9-18-13)7-16-17(21)19-14-3-1-2-4-15(14)22-16/h1-9,18,20H,(H,19,21). The molecule has 0 atom stereocenters. The molecule has 0 fully saturated rings. The Morgan fingerprint density at radius 3 is 2.91 bits per heavy atom. The van der Waals surface area contributed by atoms with Crippen LogP contribution in [0.1, 0.15) is 5.56 Å². The van der Waals surface area contributed by atoms with Crippen molar-refractivity contribution in [2.75, 3.05) is 5.32 Å². The number of phenolic OH excluding ortho intramolecular Hbond substituents is 1. The number of phenols is 1. The van der Waals surface area contributed by atoms with Gasteiger partial charge in [0.1, 0.15) is 5.75 Å². The Bertz CT molecular complexity index is 927. The van der Waals surface area contributed by atoms with Crippen LogP contribution in [0.4, 0.5) is 5.69 Å². The number of hydrogen-bond acceptors (Lipinski definition) is 3. The predicted octanol–water partition coefficient (Wildman–Crippen LogP) is 3.96. The van der Waals surface area contributed by atoms with Gasteiger partial charge in [-0.25, -0.2) is 0 Å². The highest BCUT2D eigenvalue weighted by atomic mass is 32.2. The minimum absolute atomic E-state index is 0.113. The third-order valence-electron chi connectivity index (χ3n) is 3.56. The van der Waals surface area contributed by atoms with Gasteiger partial charge in [-0.2, -0.15) is 0 Å². The number of fused-ring (bicyclic) bond motifs is 2. The normalized spacial score (nSPS) is 15.8. The van der Waals surface area contributed by atoms with Crippen molar-refractivity contribution in [2.24, 2.45) is 0 Å². The Kier molecular flexibility index (Phi) is 2.94. The third kappa shape index (κ3) is 2.16. The molecule has 2 aromatic carbocycles. The second-order valence-corrected chi connectivity index (χ2v) is 6.12. The summed E-state index contributed by atoms with van der Waals surface area (Å²) < 4.78 is 0. The smallest absolute Gasteiger partial charge is 0.262 e. The van der Waals surface area contributed by atoms with Crippen molar-refractivity contribution in [2.45, 2.75) is 4.90 Å². The number of hydrogen-bond donors (Lipinski definition) is 3. The average molecular weight is 308 g/mol. The number of anilines is 1. The SMILES string of the molecule is O=C1Nc2ccccc2SC1=Cc1c[nH]c2ccc(O)cc12. The van der Waals surface area contributed by atoms with E-state index >= 15 is 0 Å². The number of benzene rings is 2. The highest BCUT2D eigenvalue weighted by Crippen LogP contribution is 2.39. The Balaban J connectivity index is 1.79. The number of amides is 1. The lowest BCUT2D eigenvalue weighted by Gasteiger charge is -2.18. The summed E-state index contributed by atoms with van der Waals surface area (Å²) in [6.07, 6.45) is 3.68. The maximum absolute atomic E-state index is 12.2. The molecule has 4 nitrogen and oxygen atoms in total. The molecule has 0 saturated heterocycles. The predicted molar refractivity (Wildman–Crippen MR) is 88.9 cm³/mol. The van der Waals surface area contributed by atoms with E-state index in [1.54, 1.807) is 12.1 Å². The van der Waals surface area contributed by atoms with Crippen LogP contribution in [0.3, 0.4) is 0 Å². The zero-order valence-corrected chi connectivity index (χ0v) is 12.3.